The second kappa shape index (κ2) is 6.95. The van der Waals surface area contributed by atoms with E-state index in [0.29, 0.717) is 17.2 Å². The summed E-state index contributed by atoms with van der Waals surface area (Å²) < 4.78 is 5.19. The van der Waals surface area contributed by atoms with Gasteiger partial charge in [0.1, 0.15) is 0 Å². The maximum Gasteiger partial charge on any atom is 0.431 e. The lowest BCUT2D eigenvalue weighted by Gasteiger charge is -2.25. The molecule has 0 spiro atoms. The van der Waals surface area contributed by atoms with E-state index >= 15 is 0 Å². The van der Waals surface area contributed by atoms with Crippen LogP contribution in [0.4, 0.5) is 9.59 Å². The second-order valence-electron chi connectivity index (χ2n) is 5.36. The van der Waals surface area contributed by atoms with Crippen LogP contribution in [0.15, 0.2) is 41.6 Å². The minimum Gasteiger partial charge on any atom is -0.406 e. The van der Waals surface area contributed by atoms with Gasteiger partial charge in [-0.05, 0) is 13.8 Å². The zero-order valence-electron chi connectivity index (χ0n) is 13.7. The van der Waals surface area contributed by atoms with Crippen molar-refractivity contribution in [2.75, 3.05) is 6.54 Å². The normalized spacial score (nSPS) is 13.8. The van der Waals surface area contributed by atoms with Crippen LogP contribution in [0.3, 0.4) is 0 Å². The monoisotopic (exact) mass is 340 g/mol. The van der Waals surface area contributed by atoms with Crippen LogP contribution in [0.2, 0.25) is 0 Å². The fourth-order valence-corrected chi connectivity index (χ4v) is 2.15. The highest BCUT2D eigenvalue weighted by Crippen LogP contribution is 2.20. The Hall–Kier alpha value is -3.49. The number of urea groups is 1. The van der Waals surface area contributed by atoms with Crippen molar-refractivity contribution in [1.82, 2.24) is 25.8 Å². The molecule has 0 aliphatic carbocycles. The lowest BCUT2D eigenvalue weighted by Crippen LogP contribution is -2.54. The molecule has 9 heteroatoms. The van der Waals surface area contributed by atoms with Gasteiger partial charge in [0.2, 0.25) is 0 Å². The highest BCUT2D eigenvalue weighted by atomic mass is 16.6. The molecule has 0 fully saturated rings. The van der Waals surface area contributed by atoms with Crippen LogP contribution in [-0.4, -0.2) is 39.4 Å². The average Bonchev–Trinajstić information content (AvgIpc) is 2.60. The number of hydrogen-bond acceptors (Lipinski definition) is 6. The van der Waals surface area contributed by atoms with Crippen LogP contribution in [0.5, 0.6) is 5.75 Å². The van der Waals surface area contributed by atoms with Crippen LogP contribution >= 0.6 is 0 Å². The molecule has 0 radical (unpaired) electrons. The quantitative estimate of drug-likeness (QED) is 0.886. The molecule has 9 nitrogen and oxygen atoms in total. The number of hydrogen-bond donors (Lipinski definition) is 2. The summed E-state index contributed by atoms with van der Waals surface area (Å²) in [5, 5.41) is 4.84. The van der Waals surface area contributed by atoms with Gasteiger partial charge in [-0.1, -0.05) is 30.3 Å². The van der Waals surface area contributed by atoms with Gasteiger partial charge in [0.05, 0.1) is 24.1 Å². The zero-order valence-corrected chi connectivity index (χ0v) is 13.7. The minimum atomic E-state index is -0.816. The van der Waals surface area contributed by atoms with Crippen molar-refractivity contribution in [2.24, 2.45) is 5.10 Å². The fraction of sp³-hybridized carbons (Fsp3) is 0.188. The number of nitrogens with one attached hydrogen (secondary N) is 2. The molecule has 1 aliphatic heterocycles. The molecule has 3 rings (SSSR count). The lowest BCUT2D eigenvalue weighted by atomic mass is 10.2. The number of amides is 3. The molecular formula is C16H16N6O3. The van der Waals surface area contributed by atoms with E-state index in [4.69, 9.17) is 4.74 Å². The molecule has 3 amide bonds. The standard InChI is InChI=1S/C16H16N6O3/c1-10-9-22(15(23)20-19-10)21-16(24)25-13-8-17-14(18-11(13)2)12-6-4-3-5-7-12/h3-8H,9H2,1-2H3,(H,20,23)(H,21,24). The van der Waals surface area contributed by atoms with Crippen LogP contribution in [-0.2, 0) is 0 Å². The summed E-state index contributed by atoms with van der Waals surface area (Å²) in [6, 6.07) is 8.92. The Labute approximate surface area is 143 Å². The Morgan fingerprint density at radius 3 is 2.76 bits per heavy atom. The van der Waals surface area contributed by atoms with Crippen molar-refractivity contribution in [1.29, 1.82) is 0 Å². The number of nitrogens with zero attached hydrogens (tertiary/aromatic N) is 4. The summed E-state index contributed by atoms with van der Waals surface area (Å²) in [4.78, 5) is 32.1. The van der Waals surface area contributed by atoms with Gasteiger partial charge in [-0.15, -0.1) is 0 Å². The molecule has 0 bridgehead atoms. The van der Waals surface area contributed by atoms with Crippen LogP contribution < -0.4 is 15.6 Å². The van der Waals surface area contributed by atoms with Gasteiger partial charge >= 0.3 is 12.1 Å². The third-order valence-corrected chi connectivity index (χ3v) is 3.37. The molecule has 2 N–H and O–H groups in total. The number of rotatable bonds is 3. The van der Waals surface area contributed by atoms with Gasteiger partial charge in [0.25, 0.3) is 0 Å². The highest BCUT2D eigenvalue weighted by Gasteiger charge is 2.22. The number of carbonyl (C=O) groups is 2. The Balaban J connectivity index is 1.67. The van der Waals surface area contributed by atoms with Gasteiger partial charge < -0.3 is 4.74 Å². The Morgan fingerprint density at radius 1 is 1.28 bits per heavy atom. The molecule has 0 saturated carbocycles. The number of benzene rings is 1. The van der Waals surface area contributed by atoms with Crippen molar-refractivity contribution in [2.45, 2.75) is 13.8 Å². The number of hydrazine groups is 1. The van der Waals surface area contributed by atoms with Crippen LogP contribution in [0.1, 0.15) is 12.6 Å². The molecule has 1 aromatic carbocycles. The van der Waals surface area contributed by atoms with E-state index < -0.39 is 12.1 Å². The topological polar surface area (TPSA) is 109 Å². The summed E-state index contributed by atoms with van der Waals surface area (Å²) in [6.07, 6.45) is 0.608. The predicted octanol–water partition coefficient (Wildman–Crippen LogP) is 1.86. The number of aryl methyl sites for hydroxylation is 1. The number of aromatic nitrogens is 2. The lowest BCUT2D eigenvalue weighted by molar-refractivity contribution is 0.151. The minimum absolute atomic E-state index is 0.170. The molecule has 1 aliphatic rings. The van der Waals surface area contributed by atoms with Gasteiger partial charge in [0, 0.05) is 5.56 Å². The Morgan fingerprint density at radius 2 is 2.04 bits per heavy atom. The number of carbonyl (C=O) groups excluding carboxylic acids is 2. The van der Waals surface area contributed by atoms with Gasteiger partial charge in [-0.25, -0.2) is 35.4 Å². The zero-order chi connectivity index (χ0) is 17.8. The Bertz CT molecular complexity index is 837. The number of hydrazone groups is 1. The molecule has 2 aromatic rings. The summed E-state index contributed by atoms with van der Waals surface area (Å²) >= 11 is 0. The van der Waals surface area contributed by atoms with E-state index in [2.05, 4.69) is 25.9 Å². The van der Waals surface area contributed by atoms with Crippen molar-refractivity contribution in [3.05, 3.63) is 42.2 Å². The first kappa shape index (κ1) is 16.4. The largest absolute Gasteiger partial charge is 0.431 e. The first-order valence-corrected chi connectivity index (χ1v) is 7.51. The fourth-order valence-electron chi connectivity index (χ4n) is 2.15. The van der Waals surface area contributed by atoms with Crippen molar-refractivity contribution in [3.63, 3.8) is 0 Å². The molecule has 0 unspecified atom stereocenters. The van der Waals surface area contributed by atoms with Gasteiger partial charge in [0.15, 0.2) is 11.6 Å². The summed E-state index contributed by atoms with van der Waals surface area (Å²) in [5.41, 5.74) is 6.62. The van der Waals surface area contributed by atoms with Crippen LogP contribution in [0, 0.1) is 6.92 Å². The van der Waals surface area contributed by atoms with Gasteiger partial charge in [-0.2, -0.15) is 5.10 Å². The molecule has 2 heterocycles. The summed E-state index contributed by atoms with van der Waals surface area (Å²) in [6.45, 7) is 3.60. The SMILES string of the molecule is CC1=NNC(=O)N(NC(=O)Oc2cnc(-c3ccccc3)nc2C)C1. The maximum atomic E-state index is 12.0. The molecule has 1 aromatic heterocycles. The number of ether oxygens (including phenoxy) is 1. The van der Waals surface area contributed by atoms with Crippen molar-refractivity contribution in [3.8, 4) is 17.1 Å². The van der Waals surface area contributed by atoms with E-state index in [-0.39, 0.29) is 12.3 Å². The third-order valence-electron chi connectivity index (χ3n) is 3.37. The molecule has 25 heavy (non-hydrogen) atoms. The van der Waals surface area contributed by atoms with E-state index in [1.165, 1.54) is 6.20 Å². The van der Waals surface area contributed by atoms with Gasteiger partial charge in [-0.3, -0.25) is 0 Å². The summed E-state index contributed by atoms with van der Waals surface area (Å²) in [5.74, 6) is 0.744. The van der Waals surface area contributed by atoms with Crippen molar-refractivity contribution < 1.29 is 14.3 Å². The predicted molar refractivity (Wildman–Crippen MR) is 89.7 cm³/mol. The van der Waals surface area contributed by atoms with E-state index in [9.17, 15) is 9.59 Å². The molecule has 0 saturated heterocycles. The third kappa shape index (κ3) is 3.89. The molecule has 0 atom stereocenters. The summed E-state index contributed by atoms with van der Waals surface area (Å²) in [7, 11) is 0. The first-order chi connectivity index (χ1) is 12.0. The highest BCUT2D eigenvalue weighted by molar-refractivity contribution is 5.92. The molecule has 128 valence electrons. The van der Waals surface area contributed by atoms with E-state index in [1.54, 1.807) is 13.8 Å². The van der Waals surface area contributed by atoms with Crippen LogP contribution in [0.25, 0.3) is 11.4 Å². The van der Waals surface area contributed by atoms with E-state index in [1.807, 2.05) is 30.3 Å². The Kier molecular flexibility index (Phi) is 4.55. The maximum absolute atomic E-state index is 12.0. The smallest absolute Gasteiger partial charge is 0.406 e. The van der Waals surface area contributed by atoms with E-state index in [0.717, 1.165) is 10.6 Å². The second-order valence-corrected chi connectivity index (χ2v) is 5.36. The van der Waals surface area contributed by atoms with Crippen molar-refractivity contribution >= 4 is 17.8 Å². The first-order valence-electron chi connectivity index (χ1n) is 7.51. The average molecular weight is 340 g/mol. The molecular weight excluding hydrogens is 324 g/mol.